The van der Waals surface area contributed by atoms with Crippen molar-refractivity contribution >= 4 is 23.2 Å². The molecule has 2 aromatic carbocycles. The van der Waals surface area contributed by atoms with Gasteiger partial charge >= 0.3 is 0 Å². The number of nitrogens with one attached hydrogen (secondary N) is 2. The molecule has 0 spiro atoms. The van der Waals surface area contributed by atoms with Crippen molar-refractivity contribution in [3.63, 3.8) is 0 Å². The minimum absolute atomic E-state index is 0.0646. The van der Waals surface area contributed by atoms with E-state index in [1.165, 1.54) is 19.3 Å². The molecule has 0 fully saturated rings. The van der Waals surface area contributed by atoms with E-state index in [4.69, 9.17) is 4.74 Å². The van der Waals surface area contributed by atoms with Gasteiger partial charge in [-0.1, -0.05) is 24.3 Å². The molecule has 1 heterocycles. The minimum atomic E-state index is -0.388. The molecule has 2 N–H and O–H groups in total. The first-order valence-electron chi connectivity index (χ1n) is 9.16. The minimum Gasteiger partial charge on any atom is -0.497 e. The van der Waals surface area contributed by atoms with Crippen LogP contribution in [0.15, 0.2) is 60.9 Å². The molecule has 148 valence electrons. The van der Waals surface area contributed by atoms with E-state index >= 15 is 0 Å². The quantitative estimate of drug-likeness (QED) is 0.571. The molecule has 0 unspecified atom stereocenters. The first kappa shape index (κ1) is 20.0. The molecule has 0 aliphatic rings. The highest BCUT2D eigenvalue weighted by Gasteiger charge is 2.10. The predicted octanol–water partition coefficient (Wildman–Crippen LogP) is 3.59. The van der Waals surface area contributed by atoms with Crippen LogP contribution in [0.4, 0.5) is 11.5 Å². The van der Waals surface area contributed by atoms with E-state index in [-0.39, 0.29) is 17.4 Å². The van der Waals surface area contributed by atoms with Gasteiger partial charge in [0, 0.05) is 17.8 Å². The summed E-state index contributed by atoms with van der Waals surface area (Å²) in [5.41, 5.74) is 2.40. The van der Waals surface area contributed by atoms with Crippen LogP contribution in [0.2, 0.25) is 0 Å². The molecule has 0 atom stereocenters. The molecule has 1 amide bonds. The molecular formula is C22H22N4O3. The Morgan fingerprint density at radius 2 is 1.86 bits per heavy atom. The second-order valence-electron chi connectivity index (χ2n) is 6.41. The van der Waals surface area contributed by atoms with Crippen molar-refractivity contribution in [1.29, 1.82) is 0 Å². The zero-order chi connectivity index (χ0) is 20.6. The highest BCUT2D eigenvalue weighted by molar-refractivity contribution is 6.03. The number of ketones is 1. The van der Waals surface area contributed by atoms with Crippen molar-refractivity contribution in [2.24, 2.45) is 0 Å². The third-order valence-electron chi connectivity index (χ3n) is 4.27. The first-order chi connectivity index (χ1) is 14.0. The van der Waals surface area contributed by atoms with Gasteiger partial charge < -0.3 is 15.4 Å². The lowest BCUT2D eigenvalue weighted by Crippen LogP contribution is -2.15. The average Bonchev–Trinajstić information content (AvgIpc) is 2.74. The normalized spacial score (nSPS) is 10.3. The fourth-order valence-electron chi connectivity index (χ4n) is 2.71. The molecule has 7 heteroatoms. The number of aromatic nitrogens is 2. The number of rotatable bonds is 8. The third-order valence-corrected chi connectivity index (χ3v) is 4.27. The Labute approximate surface area is 169 Å². The first-order valence-corrected chi connectivity index (χ1v) is 9.16. The van der Waals surface area contributed by atoms with E-state index in [2.05, 4.69) is 20.6 Å². The van der Waals surface area contributed by atoms with Crippen LogP contribution in [0, 0.1) is 0 Å². The Balaban J connectivity index is 1.54. The highest BCUT2D eigenvalue weighted by Crippen LogP contribution is 2.14. The fourth-order valence-corrected chi connectivity index (χ4v) is 2.71. The number of methoxy groups -OCH3 is 1. The van der Waals surface area contributed by atoms with E-state index < -0.39 is 0 Å². The van der Waals surface area contributed by atoms with Crippen molar-refractivity contribution in [2.75, 3.05) is 24.3 Å². The smallest absolute Gasteiger partial charge is 0.275 e. The molecular weight excluding hydrogens is 368 g/mol. The van der Waals surface area contributed by atoms with Crippen LogP contribution in [-0.4, -0.2) is 35.3 Å². The average molecular weight is 390 g/mol. The lowest BCUT2D eigenvalue weighted by atomic mass is 10.1. The molecule has 0 radical (unpaired) electrons. The maximum atomic E-state index is 12.3. The molecule has 0 aliphatic carbocycles. The number of carbonyl (C=O) groups is 2. The number of anilines is 2. The Bertz CT molecular complexity index is 1000. The van der Waals surface area contributed by atoms with Gasteiger partial charge in [-0.2, -0.15) is 0 Å². The number of carbonyl (C=O) groups excluding carboxylic acids is 2. The van der Waals surface area contributed by atoms with Gasteiger partial charge in [0.15, 0.2) is 5.78 Å². The van der Waals surface area contributed by atoms with Crippen LogP contribution >= 0.6 is 0 Å². The lowest BCUT2D eigenvalue weighted by Gasteiger charge is -2.08. The summed E-state index contributed by atoms with van der Waals surface area (Å²) in [4.78, 5) is 32.2. The van der Waals surface area contributed by atoms with Crippen molar-refractivity contribution in [1.82, 2.24) is 9.97 Å². The molecule has 0 aliphatic heterocycles. The Kier molecular flexibility index (Phi) is 6.52. The monoisotopic (exact) mass is 390 g/mol. The molecule has 3 rings (SSSR count). The maximum absolute atomic E-state index is 12.3. The van der Waals surface area contributed by atoms with Crippen LogP contribution < -0.4 is 15.4 Å². The maximum Gasteiger partial charge on any atom is 0.275 e. The van der Waals surface area contributed by atoms with Crippen LogP contribution in [0.25, 0.3) is 0 Å². The Morgan fingerprint density at radius 3 is 2.59 bits per heavy atom. The summed E-state index contributed by atoms with van der Waals surface area (Å²) in [6, 6.07) is 14.6. The second kappa shape index (κ2) is 9.45. The SMILES string of the molecule is COc1cccc(CCNc2cnc(C(=O)Nc3cccc(C(C)=O)c3)cn2)c1. The summed E-state index contributed by atoms with van der Waals surface area (Å²) in [6.07, 6.45) is 3.73. The van der Waals surface area contributed by atoms with Gasteiger partial charge in [-0.25, -0.2) is 9.97 Å². The Morgan fingerprint density at radius 1 is 1.03 bits per heavy atom. The molecule has 3 aromatic rings. The second-order valence-corrected chi connectivity index (χ2v) is 6.41. The number of amides is 1. The predicted molar refractivity (Wildman–Crippen MR) is 112 cm³/mol. The van der Waals surface area contributed by atoms with Crippen LogP contribution in [0.1, 0.15) is 33.3 Å². The number of benzene rings is 2. The molecule has 0 saturated heterocycles. The van der Waals surface area contributed by atoms with Crippen LogP contribution in [0.5, 0.6) is 5.75 Å². The number of nitrogens with zero attached hydrogens (tertiary/aromatic N) is 2. The third kappa shape index (κ3) is 5.62. The van der Waals surface area contributed by atoms with Crippen molar-refractivity contribution in [3.8, 4) is 5.75 Å². The van der Waals surface area contributed by atoms with E-state index in [1.807, 2.05) is 24.3 Å². The zero-order valence-corrected chi connectivity index (χ0v) is 16.3. The summed E-state index contributed by atoms with van der Waals surface area (Å²) in [5.74, 6) is 0.959. The summed E-state index contributed by atoms with van der Waals surface area (Å²) in [7, 11) is 1.64. The highest BCUT2D eigenvalue weighted by atomic mass is 16.5. The molecule has 0 saturated carbocycles. The van der Waals surface area contributed by atoms with Crippen molar-refractivity contribution in [3.05, 3.63) is 77.7 Å². The van der Waals surface area contributed by atoms with Gasteiger partial charge in [-0.15, -0.1) is 0 Å². The zero-order valence-electron chi connectivity index (χ0n) is 16.3. The van der Waals surface area contributed by atoms with Crippen LogP contribution in [0.3, 0.4) is 0 Å². The summed E-state index contributed by atoms with van der Waals surface area (Å²) >= 11 is 0. The molecule has 0 bridgehead atoms. The summed E-state index contributed by atoms with van der Waals surface area (Å²) in [6.45, 7) is 2.15. The molecule has 7 nitrogen and oxygen atoms in total. The summed E-state index contributed by atoms with van der Waals surface area (Å²) in [5, 5.41) is 5.91. The number of hydrogen-bond acceptors (Lipinski definition) is 6. The number of hydrogen-bond donors (Lipinski definition) is 2. The molecule has 1 aromatic heterocycles. The van der Waals surface area contributed by atoms with Gasteiger partial charge in [-0.3, -0.25) is 9.59 Å². The summed E-state index contributed by atoms with van der Waals surface area (Å²) < 4.78 is 5.22. The van der Waals surface area contributed by atoms with Gasteiger partial charge in [0.25, 0.3) is 5.91 Å². The number of ether oxygens (including phenoxy) is 1. The standard InChI is InChI=1S/C22H22N4O3/c1-15(27)17-6-4-7-18(12-17)26-22(28)20-13-25-21(14-24-20)23-10-9-16-5-3-8-19(11-16)29-2/h3-8,11-14H,9-10H2,1-2H3,(H,23,25)(H,26,28). The van der Waals surface area contributed by atoms with Crippen molar-refractivity contribution < 1.29 is 14.3 Å². The van der Waals surface area contributed by atoms with Gasteiger partial charge in [0.1, 0.15) is 17.3 Å². The lowest BCUT2D eigenvalue weighted by molar-refractivity contribution is 0.100. The topological polar surface area (TPSA) is 93.2 Å². The van der Waals surface area contributed by atoms with E-state index in [0.717, 1.165) is 17.7 Å². The largest absolute Gasteiger partial charge is 0.497 e. The fraction of sp³-hybridized carbons (Fsp3) is 0.182. The van der Waals surface area contributed by atoms with Crippen LogP contribution in [-0.2, 0) is 6.42 Å². The Hall–Kier alpha value is -3.74. The van der Waals surface area contributed by atoms with Gasteiger partial charge in [-0.05, 0) is 43.2 Å². The number of Topliss-reactive ketones (excluding diaryl/α,β-unsaturated/α-hetero) is 1. The van der Waals surface area contributed by atoms with Crippen molar-refractivity contribution in [2.45, 2.75) is 13.3 Å². The van der Waals surface area contributed by atoms with E-state index in [1.54, 1.807) is 31.4 Å². The van der Waals surface area contributed by atoms with E-state index in [9.17, 15) is 9.59 Å². The van der Waals surface area contributed by atoms with Gasteiger partial charge in [0.05, 0.1) is 19.5 Å². The molecule has 29 heavy (non-hydrogen) atoms. The van der Waals surface area contributed by atoms with Gasteiger partial charge in [0.2, 0.25) is 0 Å². The van der Waals surface area contributed by atoms with E-state index in [0.29, 0.717) is 23.6 Å².